The summed E-state index contributed by atoms with van der Waals surface area (Å²) in [6.45, 7) is 0.297. The molecular formula is C23H17F3N6O2. The summed E-state index contributed by atoms with van der Waals surface area (Å²) in [5, 5.41) is 5.17. The molecule has 0 fully saturated rings. The molecule has 0 bridgehead atoms. The first-order valence-electron chi connectivity index (χ1n) is 10.2. The van der Waals surface area contributed by atoms with E-state index in [9.17, 15) is 18.0 Å². The molecule has 0 N–H and O–H groups in total. The van der Waals surface area contributed by atoms with Crippen molar-refractivity contribution in [3.63, 3.8) is 0 Å². The third-order valence-corrected chi connectivity index (χ3v) is 5.11. The van der Waals surface area contributed by atoms with Crippen LogP contribution in [0.2, 0.25) is 0 Å². The van der Waals surface area contributed by atoms with Crippen molar-refractivity contribution in [3.8, 4) is 22.8 Å². The molecule has 0 aliphatic heterocycles. The molecule has 1 aromatic carbocycles. The van der Waals surface area contributed by atoms with Crippen molar-refractivity contribution < 1.29 is 17.9 Å². The normalized spacial score (nSPS) is 11.9. The summed E-state index contributed by atoms with van der Waals surface area (Å²) in [6, 6.07) is 11.5. The Hall–Kier alpha value is -4.28. The number of halogens is 3. The number of alkyl halides is 3. The summed E-state index contributed by atoms with van der Waals surface area (Å²) in [4.78, 5) is 26.5. The van der Waals surface area contributed by atoms with Gasteiger partial charge in [-0.25, -0.2) is 4.98 Å². The van der Waals surface area contributed by atoms with Crippen molar-refractivity contribution in [2.75, 3.05) is 6.61 Å². The first-order valence-corrected chi connectivity index (χ1v) is 10.2. The minimum atomic E-state index is -4.52. The number of hydrogen-bond donors (Lipinski definition) is 0. The van der Waals surface area contributed by atoms with E-state index < -0.39 is 18.3 Å². The van der Waals surface area contributed by atoms with E-state index in [1.807, 2.05) is 12.3 Å². The highest BCUT2D eigenvalue weighted by atomic mass is 19.4. The van der Waals surface area contributed by atoms with Crippen molar-refractivity contribution in [2.24, 2.45) is 7.05 Å². The maximum Gasteiger partial charge on any atom is 0.422 e. The molecule has 0 spiro atoms. The van der Waals surface area contributed by atoms with Crippen LogP contribution in [-0.4, -0.2) is 42.1 Å². The fourth-order valence-electron chi connectivity index (χ4n) is 3.60. The Balaban J connectivity index is 1.73. The molecule has 0 aliphatic carbocycles. The molecule has 0 radical (unpaired) electrons. The number of rotatable bonds is 4. The predicted molar refractivity (Wildman–Crippen MR) is 119 cm³/mol. The number of ether oxygens (including phenoxy) is 1. The summed E-state index contributed by atoms with van der Waals surface area (Å²) in [5.41, 5.74) is 2.49. The van der Waals surface area contributed by atoms with E-state index in [-0.39, 0.29) is 17.2 Å². The first-order chi connectivity index (χ1) is 16.2. The van der Waals surface area contributed by atoms with Crippen molar-refractivity contribution in [1.29, 1.82) is 0 Å². The van der Waals surface area contributed by atoms with Gasteiger partial charge in [-0.2, -0.15) is 23.3 Å². The van der Waals surface area contributed by atoms with Crippen LogP contribution in [0.15, 0.2) is 59.7 Å². The highest BCUT2D eigenvalue weighted by Crippen LogP contribution is 2.25. The molecule has 0 amide bonds. The lowest BCUT2D eigenvalue weighted by Crippen LogP contribution is -2.24. The van der Waals surface area contributed by atoms with Gasteiger partial charge in [-0.1, -0.05) is 6.07 Å². The summed E-state index contributed by atoms with van der Waals surface area (Å²) >= 11 is 0. The summed E-state index contributed by atoms with van der Waals surface area (Å²) < 4.78 is 45.6. The minimum absolute atomic E-state index is 0.0570. The van der Waals surface area contributed by atoms with Gasteiger partial charge in [-0.05, 0) is 37.3 Å². The van der Waals surface area contributed by atoms with Gasteiger partial charge in [-0.3, -0.25) is 19.0 Å². The standard InChI is InChI=1S/C23H17F3N6O2/c1-13-3-5-16(10-27-13)32-21-18(7-8-19(29-21)34-12-23(24,25)26)28-20(22(32)33)14-4-6-17-15(9-14)11-31(2)30-17/h3-11H,12H2,1-2H3. The number of aromatic nitrogens is 6. The molecular weight excluding hydrogens is 449 g/mol. The largest absolute Gasteiger partial charge is 0.468 e. The van der Waals surface area contributed by atoms with Crippen LogP contribution in [0.4, 0.5) is 13.2 Å². The topological polar surface area (TPSA) is 87.7 Å². The van der Waals surface area contributed by atoms with E-state index in [4.69, 9.17) is 4.74 Å². The smallest absolute Gasteiger partial charge is 0.422 e. The summed E-state index contributed by atoms with van der Waals surface area (Å²) in [6.07, 6.45) is -1.20. The number of fused-ring (bicyclic) bond motifs is 2. The van der Waals surface area contributed by atoms with Crippen LogP contribution in [0, 0.1) is 6.92 Å². The number of pyridine rings is 2. The molecule has 4 heterocycles. The number of benzene rings is 1. The predicted octanol–water partition coefficient (Wildman–Crippen LogP) is 3.98. The van der Waals surface area contributed by atoms with E-state index in [0.717, 1.165) is 16.6 Å². The van der Waals surface area contributed by atoms with Gasteiger partial charge in [0, 0.05) is 36.0 Å². The SMILES string of the molecule is Cc1ccc(-n2c(=O)c(-c3ccc4nn(C)cc4c3)nc3ccc(OCC(F)(F)F)nc32)cn1. The molecule has 172 valence electrons. The van der Waals surface area contributed by atoms with Gasteiger partial charge < -0.3 is 4.74 Å². The summed E-state index contributed by atoms with van der Waals surface area (Å²) in [5.74, 6) is -0.274. The monoisotopic (exact) mass is 466 g/mol. The Kier molecular flexibility index (Phi) is 5.03. The van der Waals surface area contributed by atoms with Crippen LogP contribution in [0.5, 0.6) is 5.88 Å². The minimum Gasteiger partial charge on any atom is -0.468 e. The van der Waals surface area contributed by atoms with Crippen molar-refractivity contribution in [2.45, 2.75) is 13.1 Å². The van der Waals surface area contributed by atoms with Crippen molar-refractivity contribution in [3.05, 3.63) is 70.9 Å². The average molecular weight is 466 g/mol. The molecule has 34 heavy (non-hydrogen) atoms. The molecule has 4 aromatic heterocycles. The van der Waals surface area contributed by atoms with E-state index in [2.05, 4.69) is 20.1 Å². The van der Waals surface area contributed by atoms with Crippen LogP contribution in [0.1, 0.15) is 5.69 Å². The lowest BCUT2D eigenvalue weighted by Gasteiger charge is -2.14. The number of aryl methyl sites for hydroxylation is 2. The van der Waals surface area contributed by atoms with Crippen LogP contribution >= 0.6 is 0 Å². The number of hydrogen-bond acceptors (Lipinski definition) is 6. The molecule has 0 atom stereocenters. The van der Waals surface area contributed by atoms with E-state index in [1.165, 1.54) is 22.9 Å². The second kappa shape index (κ2) is 7.94. The molecule has 0 unspecified atom stereocenters. The highest BCUT2D eigenvalue weighted by molar-refractivity contribution is 5.84. The quantitative estimate of drug-likeness (QED) is 0.398. The fourth-order valence-corrected chi connectivity index (χ4v) is 3.60. The van der Waals surface area contributed by atoms with Gasteiger partial charge in [0.25, 0.3) is 5.56 Å². The van der Waals surface area contributed by atoms with Gasteiger partial charge in [0.15, 0.2) is 12.3 Å². The summed E-state index contributed by atoms with van der Waals surface area (Å²) in [7, 11) is 1.80. The van der Waals surface area contributed by atoms with Crippen LogP contribution < -0.4 is 10.3 Å². The van der Waals surface area contributed by atoms with E-state index >= 15 is 0 Å². The Labute approximate surface area is 190 Å². The average Bonchev–Trinajstić information content (AvgIpc) is 3.17. The second-order valence-electron chi connectivity index (χ2n) is 7.73. The van der Waals surface area contributed by atoms with Gasteiger partial charge in [0.1, 0.15) is 11.2 Å². The highest BCUT2D eigenvalue weighted by Gasteiger charge is 2.29. The van der Waals surface area contributed by atoms with Gasteiger partial charge in [0.05, 0.1) is 17.4 Å². The van der Waals surface area contributed by atoms with Crippen molar-refractivity contribution in [1.82, 2.24) is 29.3 Å². The molecule has 5 rings (SSSR count). The Bertz CT molecular complexity index is 1590. The molecule has 0 aliphatic rings. The third-order valence-electron chi connectivity index (χ3n) is 5.11. The molecule has 8 nitrogen and oxygen atoms in total. The molecule has 5 aromatic rings. The lowest BCUT2D eigenvalue weighted by molar-refractivity contribution is -0.154. The molecule has 0 saturated heterocycles. The van der Waals surface area contributed by atoms with Crippen LogP contribution in [0.25, 0.3) is 39.0 Å². The van der Waals surface area contributed by atoms with Crippen LogP contribution in [0.3, 0.4) is 0 Å². The van der Waals surface area contributed by atoms with Crippen LogP contribution in [-0.2, 0) is 7.05 Å². The maximum atomic E-state index is 13.6. The Morgan fingerprint density at radius 1 is 1.03 bits per heavy atom. The Morgan fingerprint density at radius 3 is 2.56 bits per heavy atom. The zero-order valence-electron chi connectivity index (χ0n) is 18.0. The third kappa shape index (κ3) is 4.07. The maximum absolute atomic E-state index is 13.6. The second-order valence-corrected chi connectivity index (χ2v) is 7.73. The molecule has 11 heteroatoms. The van der Waals surface area contributed by atoms with Gasteiger partial charge in [0.2, 0.25) is 5.88 Å². The van der Waals surface area contributed by atoms with E-state index in [0.29, 0.717) is 16.8 Å². The fraction of sp³-hybridized carbons (Fsp3) is 0.174. The van der Waals surface area contributed by atoms with Gasteiger partial charge >= 0.3 is 6.18 Å². The van der Waals surface area contributed by atoms with Crippen molar-refractivity contribution >= 4 is 22.1 Å². The zero-order valence-corrected chi connectivity index (χ0v) is 18.0. The zero-order chi connectivity index (χ0) is 24.0. The first kappa shape index (κ1) is 21.6. The van der Waals surface area contributed by atoms with Gasteiger partial charge in [-0.15, -0.1) is 0 Å². The molecule has 0 saturated carbocycles. The Morgan fingerprint density at radius 2 is 1.82 bits per heavy atom. The number of nitrogens with zero attached hydrogens (tertiary/aromatic N) is 6. The lowest BCUT2D eigenvalue weighted by atomic mass is 10.1. The van der Waals surface area contributed by atoms with E-state index in [1.54, 1.807) is 42.9 Å².